The minimum atomic E-state index is -0.918. The molecule has 4 aliphatic rings. The van der Waals surface area contributed by atoms with E-state index in [4.69, 9.17) is 14.2 Å². The lowest BCUT2D eigenvalue weighted by molar-refractivity contribution is -0.146. The molecule has 9 amide bonds. The van der Waals surface area contributed by atoms with Gasteiger partial charge in [-0.3, -0.25) is 48.2 Å². The lowest BCUT2D eigenvalue weighted by atomic mass is 9.90. The van der Waals surface area contributed by atoms with E-state index < -0.39 is 71.7 Å². The lowest BCUT2D eigenvalue weighted by Gasteiger charge is -2.39. The van der Waals surface area contributed by atoms with E-state index in [1.165, 1.54) is 31.3 Å². The van der Waals surface area contributed by atoms with Crippen LogP contribution < -0.4 is 21.3 Å². The van der Waals surface area contributed by atoms with E-state index >= 15 is 0 Å². The number of likely N-dealkylation sites (N-methyl/N-ethyl adjacent to an activating group) is 1. The first-order chi connectivity index (χ1) is 34.6. The maximum Gasteiger partial charge on any atom is 0.411 e. The average Bonchev–Trinajstić information content (AvgIpc) is 4.18. The predicted molar refractivity (Wildman–Crippen MR) is 271 cm³/mol. The molecule has 3 fully saturated rings. The molecule has 2 bridgehead atoms. The van der Waals surface area contributed by atoms with Crippen molar-refractivity contribution < 1.29 is 57.4 Å². The Morgan fingerprint density at radius 1 is 0.863 bits per heavy atom. The lowest BCUT2D eigenvalue weighted by Crippen LogP contribution is -2.56. The zero-order chi connectivity index (χ0) is 53.7. The summed E-state index contributed by atoms with van der Waals surface area (Å²) in [5, 5.41) is 11.3. The van der Waals surface area contributed by atoms with Gasteiger partial charge in [-0.2, -0.15) is 0 Å². The molecule has 10 atom stereocenters. The number of hydrogen-bond donors (Lipinski definition) is 4. The molecule has 5 rings (SSSR count). The van der Waals surface area contributed by atoms with Crippen LogP contribution in [0.25, 0.3) is 0 Å². The molecule has 20 heteroatoms. The number of rotatable bonds is 25. The molecule has 1 aromatic rings. The van der Waals surface area contributed by atoms with Crippen molar-refractivity contribution in [2.24, 2.45) is 17.8 Å². The topological polar surface area (TPSA) is 242 Å². The summed E-state index contributed by atoms with van der Waals surface area (Å²) in [6.07, 6.45) is 7.01. The van der Waals surface area contributed by atoms with Crippen LogP contribution in [0.15, 0.2) is 36.4 Å². The molecule has 3 aliphatic heterocycles. The van der Waals surface area contributed by atoms with Crippen LogP contribution >= 0.6 is 0 Å². The fraction of sp³-hybridized carbons (Fsp3) is 0.679. The first-order valence-corrected chi connectivity index (χ1v) is 26.0. The number of fused-ring (bicyclic) bond motifs is 2. The van der Waals surface area contributed by atoms with Gasteiger partial charge in [-0.1, -0.05) is 45.7 Å². The van der Waals surface area contributed by atoms with Crippen molar-refractivity contribution in [3.05, 3.63) is 42.0 Å². The zero-order valence-corrected chi connectivity index (χ0v) is 44.5. The number of unbranched alkanes of at least 4 members (excludes halogenated alkanes) is 2. The monoisotopic (exact) mass is 1020 g/mol. The standard InChI is InChI=1S/C53H80N8O12/c1-11-32(2)46(58(8)45(66)31-55-51(69)47-36-20-23-38(28-36)61(47)52(70)73-53(5,6)7)40(71-9)29-44(65)59-27-15-16-39(59)48(72-10)33(3)49(67)56-34(4)50(68)57-37-21-18-35(19-22-37)30-54-41(62)17-13-12-14-26-60-42(63)24-25-43(60)64/h18-19,21-22,24-25,32-34,36,38-40,46-48H,11-17,20,23,26-31H2,1-10H3,(H,54,62)(H,55,69)(H,56,67)(H,57,68)/t32?,33?,34-,36?,38?,39?,40?,46?,47?,48?/m0/s1. The molecule has 1 aliphatic carbocycles. The maximum atomic E-state index is 14.3. The predicted octanol–water partition coefficient (Wildman–Crippen LogP) is 4.06. The van der Waals surface area contributed by atoms with Gasteiger partial charge in [0.05, 0.1) is 43.2 Å². The minimum absolute atomic E-state index is 0.0155. The number of carbonyl (C=O) groups excluding carboxylic acids is 9. The molecule has 9 unspecified atom stereocenters. The van der Waals surface area contributed by atoms with Gasteiger partial charge in [0, 0.05) is 71.2 Å². The Morgan fingerprint density at radius 2 is 1.55 bits per heavy atom. The highest BCUT2D eigenvalue weighted by Crippen LogP contribution is 2.43. The van der Waals surface area contributed by atoms with Gasteiger partial charge in [0.15, 0.2) is 0 Å². The summed E-state index contributed by atoms with van der Waals surface area (Å²) in [6, 6.07) is 4.26. The number of nitrogens with one attached hydrogen (secondary N) is 4. The summed E-state index contributed by atoms with van der Waals surface area (Å²) >= 11 is 0. The summed E-state index contributed by atoms with van der Waals surface area (Å²) in [6.45, 7) is 13.4. The van der Waals surface area contributed by atoms with E-state index in [1.54, 1.807) is 80.6 Å². The summed E-state index contributed by atoms with van der Waals surface area (Å²) in [4.78, 5) is 124. The van der Waals surface area contributed by atoms with Gasteiger partial charge >= 0.3 is 6.09 Å². The van der Waals surface area contributed by atoms with Crippen molar-refractivity contribution >= 4 is 59.0 Å². The summed E-state index contributed by atoms with van der Waals surface area (Å²) in [5.74, 6) is -3.47. The van der Waals surface area contributed by atoms with Gasteiger partial charge in [0.1, 0.15) is 17.7 Å². The third-order valence-electron chi connectivity index (χ3n) is 14.8. The molecule has 0 radical (unpaired) electrons. The molecule has 1 aromatic carbocycles. The number of hydrogen-bond acceptors (Lipinski definition) is 12. The fourth-order valence-electron chi connectivity index (χ4n) is 10.7. The van der Waals surface area contributed by atoms with Crippen LogP contribution in [-0.2, 0) is 59.1 Å². The smallest absolute Gasteiger partial charge is 0.411 e. The molecule has 404 valence electrons. The van der Waals surface area contributed by atoms with E-state index in [2.05, 4.69) is 21.3 Å². The number of methoxy groups -OCH3 is 2. The van der Waals surface area contributed by atoms with Gasteiger partial charge in [0.2, 0.25) is 35.4 Å². The number of amides is 9. The molecule has 0 spiro atoms. The zero-order valence-electron chi connectivity index (χ0n) is 44.5. The third kappa shape index (κ3) is 15.3. The van der Waals surface area contributed by atoms with Crippen LogP contribution in [0.2, 0.25) is 0 Å². The fourth-order valence-corrected chi connectivity index (χ4v) is 10.7. The van der Waals surface area contributed by atoms with Crippen molar-refractivity contribution in [2.45, 2.75) is 174 Å². The summed E-state index contributed by atoms with van der Waals surface area (Å²) in [7, 11) is 4.65. The molecule has 0 aromatic heterocycles. The number of carbonyl (C=O) groups is 9. The van der Waals surface area contributed by atoms with Gasteiger partial charge in [0.25, 0.3) is 11.8 Å². The van der Waals surface area contributed by atoms with Crippen molar-refractivity contribution in [1.82, 2.24) is 35.6 Å². The second kappa shape index (κ2) is 26.4. The molecule has 73 heavy (non-hydrogen) atoms. The summed E-state index contributed by atoms with van der Waals surface area (Å²) < 4.78 is 17.6. The van der Waals surface area contributed by atoms with Gasteiger partial charge in [-0.05, 0) is 102 Å². The van der Waals surface area contributed by atoms with E-state index in [1.807, 2.05) is 13.8 Å². The number of anilines is 1. The van der Waals surface area contributed by atoms with Gasteiger partial charge in [-0.25, -0.2) is 4.79 Å². The third-order valence-corrected chi connectivity index (χ3v) is 14.8. The van der Waals surface area contributed by atoms with Crippen molar-refractivity contribution in [2.75, 3.05) is 46.2 Å². The second-order valence-electron chi connectivity index (χ2n) is 21.1. The van der Waals surface area contributed by atoms with E-state index in [0.717, 1.165) is 18.4 Å². The number of nitrogens with zero attached hydrogens (tertiary/aromatic N) is 4. The number of benzene rings is 1. The molecule has 1 saturated carbocycles. The normalized spacial score (nSPS) is 21.8. The van der Waals surface area contributed by atoms with Gasteiger partial charge < -0.3 is 45.3 Å². The van der Waals surface area contributed by atoms with Crippen LogP contribution in [0.3, 0.4) is 0 Å². The highest BCUT2D eigenvalue weighted by molar-refractivity contribution is 6.12. The van der Waals surface area contributed by atoms with E-state index in [0.29, 0.717) is 76.7 Å². The Hall–Kier alpha value is -5.89. The Bertz CT molecular complexity index is 2160. The van der Waals surface area contributed by atoms with Crippen LogP contribution in [0.1, 0.15) is 125 Å². The van der Waals surface area contributed by atoms with Gasteiger partial charge in [-0.15, -0.1) is 0 Å². The average molecular weight is 1020 g/mol. The highest BCUT2D eigenvalue weighted by Gasteiger charge is 2.52. The molecule has 2 saturated heterocycles. The molecule has 4 N–H and O–H groups in total. The minimum Gasteiger partial charge on any atom is -0.444 e. The van der Waals surface area contributed by atoms with Crippen LogP contribution in [0.5, 0.6) is 0 Å². The first-order valence-electron chi connectivity index (χ1n) is 26.0. The van der Waals surface area contributed by atoms with Crippen LogP contribution in [0.4, 0.5) is 10.5 Å². The maximum absolute atomic E-state index is 14.3. The Balaban J connectivity index is 1.09. The SMILES string of the molecule is CCC(C)C(C(CC(=O)N1CCCC1C(OC)C(C)C(=O)N[C@@H](C)C(=O)Nc1ccc(CNC(=O)CCCCCN2C(=O)C=CC2=O)cc1)OC)N(C)C(=O)CNC(=O)C1C2CCC(C2)N1C(=O)OC(C)(C)C. The van der Waals surface area contributed by atoms with E-state index in [9.17, 15) is 43.2 Å². The van der Waals surface area contributed by atoms with Crippen molar-refractivity contribution in [1.29, 1.82) is 0 Å². The number of ether oxygens (including phenoxy) is 3. The quantitative estimate of drug-likeness (QED) is 0.0801. The molecule has 20 nitrogen and oxygen atoms in total. The Morgan fingerprint density at radius 3 is 2.18 bits per heavy atom. The van der Waals surface area contributed by atoms with Crippen LogP contribution in [0, 0.1) is 17.8 Å². The number of likely N-dealkylation sites (tertiary alicyclic amines) is 2. The second-order valence-corrected chi connectivity index (χ2v) is 21.1. The van der Waals surface area contributed by atoms with E-state index in [-0.39, 0.29) is 60.4 Å². The Kier molecular flexibility index (Phi) is 20.9. The first kappa shape index (κ1) is 58.0. The molecular weight excluding hydrogens is 941 g/mol. The van der Waals surface area contributed by atoms with Crippen molar-refractivity contribution in [3.8, 4) is 0 Å². The highest BCUT2D eigenvalue weighted by atomic mass is 16.6. The number of imide groups is 1. The largest absolute Gasteiger partial charge is 0.444 e. The van der Waals surface area contributed by atoms with Crippen molar-refractivity contribution in [3.63, 3.8) is 0 Å². The number of piperidine rings is 1. The molecule has 3 heterocycles. The van der Waals surface area contributed by atoms with Crippen LogP contribution in [-0.4, -0.2) is 162 Å². The Labute approximate surface area is 430 Å². The summed E-state index contributed by atoms with van der Waals surface area (Å²) in [5.41, 5.74) is 0.594. The molecular formula is C53H80N8O12.